The van der Waals surface area contributed by atoms with Crippen molar-refractivity contribution in [2.45, 2.75) is 12.8 Å². The van der Waals surface area contributed by atoms with Crippen molar-refractivity contribution in [1.29, 1.82) is 10.8 Å². The third kappa shape index (κ3) is 1.49. The molecule has 1 aliphatic carbocycles. The van der Waals surface area contributed by atoms with E-state index >= 15 is 0 Å². The van der Waals surface area contributed by atoms with Crippen molar-refractivity contribution in [2.75, 3.05) is 6.54 Å². The van der Waals surface area contributed by atoms with Gasteiger partial charge < -0.3 is 0 Å². The fourth-order valence-corrected chi connectivity index (χ4v) is 0.892. The van der Waals surface area contributed by atoms with Crippen molar-refractivity contribution in [1.82, 2.24) is 0 Å². The maximum absolute atomic E-state index is 8.47. The van der Waals surface area contributed by atoms with E-state index < -0.39 is 0 Å². The van der Waals surface area contributed by atoms with Gasteiger partial charge in [-0.25, -0.2) is 5.53 Å². The summed E-state index contributed by atoms with van der Waals surface area (Å²) in [5.41, 5.74) is 6.53. The SMILES string of the molecule is N#CC(CN=N)C1CC1. The van der Waals surface area contributed by atoms with Crippen LogP contribution in [0, 0.1) is 28.7 Å². The molecule has 0 saturated heterocycles. The Kier molecular flexibility index (Phi) is 1.78. The monoisotopic (exact) mass is 123 g/mol. The number of rotatable bonds is 3. The van der Waals surface area contributed by atoms with Gasteiger partial charge in [-0.2, -0.15) is 10.4 Å². The average molecular weight is 123 g/mol. The quantitative estimate of drug-likeness (QED) is 0.569. The number of hydrogen-bond acceptors (Lipinski definition) is 3. The maximum atomic E-state index is 8.47. The number of nitrogens with one attached hydrogen (secondary N) is 1. The first-order chi connectivity index (χ1) is 4.38. The molecule has 0 aromatic carbocycles. The molecule has 3 heteroatoms. The van der Waals surface area contributed by atoms with E-state index in [1.807, 2.05) is 0 Å². The van der Waals surface area contributed by atoms with Crippen molar-refractivity contribution in [3.63, 3.8) is 0 Å². The molecule has 0 aliphatic heterocycles. The number of hydrogen-bond donors (Lipinski definition) is 1. The summed E-state index contributed by atoms with van der Waals surface area (Å²) in [5, 5.41) is 11.7. The van der Waals surface area contributed by atoms with Crippen molar-refractivity contribution >= 4 is 0 Å². The van der Waals surface area contributed by atoms with Gasteiger partial charge in [0.2, 0.25) is 0 Å². The molecule has 0 heterocycles. The first kappa shape index (κ1) is 6.21. The van der Waals surface area contributed by atoms with E-state index in [1.54, 1.807) is 0 Å². The maximum Gasteiger partial charge on any atom is 0.0757 e. The Labute approximate surface area is 54.2 Å². The zero-order valence-electron chi connectivity index (χ0n) is 5.17. The molecule has 1 atom stereocenters. The van der Waals surface area contributed by atoms with E-state index in [0.717, 1.165) is 12.8 Å². The summed E-state index contributed by atoms with van der Waals surface area (Å²) in [6, 6.07) is 2.15. The summed E-state index contributed by atoms with van der Waals surface area (Å²) < 4.78 is 0. The molecular formula is C6H9N3. The normalized spacial score (nSPS) is 20.3. The minimum Gasteiger partial charge on any atom is -0.210 e. The van der Waals surface area contributed by atoms with Crippen molar-refractivity contribution in [3.05, 3.63) is 0 Å². The second-order valence-electron chi connectivity index (χ2n) is 2.41. The molecule has 1 N–H and O–H groups in total. The highest BCUT2D eigenvalue weighted by Crippen LogP contribution is 2.36. The van der Waals surface area contributed by atoms with E-state index in [1.165, 1.54) is 0 Å². The summed E-state index contributed by atoms with van der Waals surface area (Å²) in [7, 11) is 0. The van der Waals surface area contributed by atoms with Crippen molar-refractivity contribution in [3.8, 4) is 6.07 Å². The Morgan fingerprint density at radius 1 is 1.78 bits per heavy atom. The van der Waals surface area contributed by atoms with Crippen LogP contribution in [0.4, 0.5) is 0 Å². The van der Waals surface area contributed by atoms with Crippen LogP contribution in [0.25, 0.3) is 0 Å². The topological polar surface area (TPSA) is 60.0 Å². The molecule has 48 valence electrons. The van der Waals surface area contributed by atoms with Gasteiger partial charge in [0.05, 0.1) is 18.5 Å². The molecule has 1 unspecified atom stereocenters. The van der Waals surface area contributed by atoms with Crippen LogP contribution in [0.5, 0.6) is 0 Å². The number of nitrogens with zero attached hydrogens (tertiary/aromatic N) is 2. The third-order valence-electron chi connectivity index (χ3n) is 1.64. The van der Waals surface area contributed by atoms with Gasteiger partial charge in [0.1, 0.15) is 0 Å². The smallest absolute Gasteiger partial charge is 0.0757 e. The van der Waals surface area contributed by atoms with Gasteiger partial charge in [-0.3, -0.25) is 0 Å². The Bertz CT molecular complexity index is 143. The van der Waals surface area contributed by atoms with Gasteiger partial charge in [0.25, 0.3) is 0 Å². The molecule has 3 nitrogen and oxygen atoms in total. The predicted molar refractivity (Wildman–Crippen MR) is 31.8 cm³/mol. The molecule has 0 spiro atoms. The zero-order valence-corrected chi connectivity index (χ0v) is 5.17. The summed E-state index contributed by atoms with van der Waals surface area (Å²) in [5.74, 6) is 0.589. The van der Waals surface area contributed by atoms with Crippen LogP contribution in [-0.2, 0) is 0 Å². The lowest BCUT2D eigenvalue weighted by atomic mass is 10.1. The lowest BCUT2D eigenvalue weighted by Gasteiger charge is -1.98. The van der Waals surface area contributed by atoms with Crippen molar-refractivity contribution < 1.29 is 0 Å². The van der Waals surface area contributed by atoms with Gasteiger partial charge in [-0.1, -0.05) is 0 Å². The zero-order chi connectivity index (χ0) is 6.69. The predicted octanol–water partition coefficient (Wildman–Crippen LogP) is 1.57. The molecule has 0 aromatic rings. The van der Waals surface area contributed by atoms with Gasteiger partial charge >= 0.3 is 0 Å². The molecule has 0 aromatic heterocycles. The molecule has 1 fully saturated rings. The molecular weight excluding hydrogens is 114 g/mol. The van der Waals surface area contributed by atoms with Crippen LogP contribution in [-0.4, -0.2) is 6.54 Å². The Balaban J connectivity index is 2.30. The first-order valence-electron chi connectivity index (χ1n) is 3.11. The van der Waals surface area contributed by atoms with Gasteiger partial charge in [0.15, 0.2) is 0 Å². The Hall–Kier alpha value is -0.910. The van der Waals surface area contributed by atoms with Gasteiger partial charge in [0, 0.05) is 0 Å². The van der Waals surface area contributed by atoms with E-state index in [-0.39, 0.29) is 5.92 Å². The van der Waals surface area contributed by atoms with Crippen LogP contribution in [0.1, 0.15) is 12.8 Å². The molecule has 0 radical (unpaired) electrons. The summed E-state index contributed by atoms with van der Waals surface area (Å²) >= 11 is 0. The van der Waals surface area contributed by atoms with Crippen LogP contribution in [0.3, 0.4) is 0 Å². The summed E-state index contributed by atoms with van der Waals surface area (Å²) in [6.07, 6.45) is 2.32. The lowest BCUT2D eigenvalue weighted by molar-refractivity contribution is 0.576. The van der Waals surface area contributed by atoms with Gasteiger partial charge in [-0.15, -0.1) is 0 Å². The largest absolute Gasteiger partial charge is 0.210 e. The van der Waals surface area contributed by atoms with E-state index in [4.69, 9.17) is 10.8 Å². The van der Waals surface area contributed by atoms with E-state index in [0.29, 0.717) is 12.5 Å². The Morgan fingerprint density at radius 2 is 2.44 bits per heavy atom. The summed E-state index contributed by atoms with van der Waals surface area (Å²) in [6.45, 7) is 0.404. The highest BCUT2D eigenvalue weighted by Gasteiger charge is 2.30. The first-order valence-corrected chi connectivity index (χ1v) is 3.11. The third-order valence-corrected chi connectivity index (χ3v) is 1.64. The minimum absolute atomic E-state index is 0.0301. The highest BCUT2D eigenvalue weighted by atomic mass is 14.9. The number of nitriles is 1. The van der Waals surface area contributed by atoms with E-state index in [9.17, 15) is 0 Å². The van der Waals surface area contributed by atoms with E-state index in [2.05, 4.69) is 11.2 Å². The second-order valence-corrected chi connectivity index (χ2v) is 2.41. The van der Waals surface area contributed by atoms with Crippen LogP contribution >= 0.6 is 0 Å². The molecule has 1 saturated carbocycles. The average Bonchev–Trinajstić information content (AvgIpc) is 2.64. The van der Waals surface area contributed by atoms with Crippen LogP contribution in [0.15, 0.2) is 5.11 Å². The summed E-state index contributed by atoms with van der Waals surface area (Å²) in [4.78, 5) is 0. The van der Waals surface area contributed by atoms with Crippen LogP contribution < -0.4 is 0 Å². The molecule has 9 heavy (non-hydrogen) atoms. The molecule has 1 aliphatic rings. The van der Waals surface area contributed by atoms with Gasteiger partial charge in [-0.05, 0) is 18.8 Å². The fraction of sp³-hybridized carbons (Fsp3) is 0.833. The molecule has 0 amide bonds. The standard InChI is InChI=1S/C6H9N3/c7-3-6(4-9-8)5-1-2-5/h5-6,8H,1-2,4H2. The lowest BCUT2D eigenvalue weighted by Crippen LogP contribution is -2.02. The highest BCUT2D eigenvalue weighted by molar-refractivity contribution is 4.95. The van der Waals surface area contributed by atoms with Crippen molar-refractivity contribution in [2.24, 2.45) is 17.0 Å². The molecule has 1 rings (SSSR count). The molecule has 0 bridgehead atoms. The minimum atomic E-state index is 0.0301. The van der Waals surface area contributed by atoms with Crippen LogP contribution in [0.2, 0.25) is 0 Å². The Morgan fingerprint density at radius 3 is 2.78 bits per heavy atom. The fourth-order valence-electron chi connectivity index (χ4n) is 0.892. The second kappa shape index (κ2) is 2.58.